The minimum atomic E-state index is -0.122. The van der Waals surface area contributed by atoms with Crippen LogP contribution in [0.3, 0.4) is 0 Å². The van der Waals surface area contributed by atoms with Crippen molar-refractivity contribution in [1.29, 1.82) is 0 Å². The standard InChI is InChI=1S/C20H19BrN2O/c1-20(2,3)14-6-4-13(5-7-14)19(24)23-18-10-11-22-17-9-8-15(21)12-16(17)18/h4-12H,1-3H3,(H,22,23,24). The van der Waals surface area contributed by atoms with E-state index in [9.17, 15) is 4.79 Å². The number of pyridine rings is 1. The highest BCUT2D eigenvalue weighted by Gasteiger charge is 2.15. The van der Waals surface area contributed by atoms with E-state index in [4.69, 9.17) is 0 Å². The van der Waals surface area contributed by atoms with E-state index in [1.54, 1.807) is 6.20 Å². The third-order valence-electron chi connectivity index (χ3n) is 3.96. The highest BCUT2D eigenvalue weighted by Crippen LogP contribution is 2.26. The maximum atomic E-state index is 12.6. The van der Waals surface area contributed by atoms with Gasteiger partial charge in [0.15, 0.2) is 0 Å². The Balaban J connectivity index is 1.89. The highest BCUT2D eigenvalue weighted by atomic mass is 79.9. The molecule has 2 aromatic carbocycles. The lowest BCUT2D eigenvalue weighted by Crippen LogP contribution is -2.14. The molecule has 0 bridgehead atoms. The van der Waals surface area contributed by atoms with Gasteiger partial charge in [0.25, 0.3) is 5.91 Å². The molecule has 0 radical (unpaired) electrons. The number of benzene rings is 2. The zero-order valence-corrected chi connectivity index (χ0v) is 15.5. The molecule has 1 aromatic heterocycles. The van der Waals surface area contributed by atoms with Gasteiger partial charge >= 0.3 is 0 Å². The Labute approximate surface area is 150 Å². The summed E-state index contributed by atoms with van der Waals surface area (Å²) in [5.74, 6) is -0.122. The van der Waals surface area contributed by atoms with E-state index in [2.05, 4.69) is 47.0 Å². The summed E-state index contributed by atoms with van der Waals surface area (Å²) in [6.45, 7) is 6.47. The van der Waals surface area contributed by atoms with Crippen molar-refractivity contribution < 1.29 is 4.79 Å². The number of carbonyl (C=O) groups is 1. The Hall–Kier alpha value is -2.20. The Morgan fingerprint density at radius 2 is 1.75 bits per heavy atom. The van der Waals surface area contributed by atoms with E-state index in [1.807, 2.05) is 48.5 Å². The molecule has 3 nitrogen and oxygen atoms in total. The van der Waals surface area contributed by atoms with E-state index in [0.717, 1.165) is 21.1 Å². The predicted molar refractivity (Wildman–Crippen MR) is 103 cm³/mol. The number of aromatic nitrogens is 1. The molecule has 122 valence electrons. The highest BCUT2D eigenvalue weighted by molar-refractivity contribution is 9.10. The van der Waals surface area contributed by atoms with E-state index >= 15 is 0 Å². The van der Waals surface area contributed by atoms with Crippen LogP contribution in [0.5, 0.6) is 0 Å². The molecule has 0 spiro atoms. The first kappa shape index (κ1) is 16.7. The average molecular weight is 383 g/mol. The number of hydrogen-bond donors (Lipinski definition) is 1. The third-order valence-corrected chi connectivity index (χ3v) is 4.46. The van der Waals surface area contributed by atoms with Crippen molar-refractivity contribution in [3.63, 3.8) is 0 Å². The summed E-state index contributed by atoms with van der Waals surface area (Å²) in [4.78, 5) is 16.9. The van der Waals surface area contributed by atoms with Gasteiger partial charge in [-0.25, -0.2) is 0 Å². The first-order valence-corrected chi connectivity index (χ1v) is 8.60. The molecule has 0 fully saturated rings. The number of anilines is 1. The smallest absolute Gasteiger partial charge is 0.255 e. The van der Waals surface area contributed by atoms with Crippen molar-refractivity contribution in [2.24, 2.45) is 0 Å². The summed E-state index contributed by atoms with van der Waals surface area (Å²) < 4.78 is 0.952. The minimum Gasteiger partial charge on any atom is -0.321 e. The molecule has 1 heterocycles. The first-order valence-electron chi connectivity index (χ1n) is 7.81. The van der Waals surface area contributed by atoms with Crippen LogP contribution in [0.1, 0.15) is 36.7 Å². The molecule has 4 heteroatoms. The van der Waals surface area contributed by atoms with Crippen molar-refractivity contribution in [2.45, 2.75) is 26.2 Å². The SMILES string of the molecule is CC(C)(C)c1ccc(C(=O)Nc2ccnc3ccc(Br)cc23)cc1. The number of hydrogen-bond acceptors (Lipinski definition) is 2. The maximum Gasteiger partial charge on any atom is 0.255 e. The van der Waals surface area contributed by atoms with Gasteiger partial charge < -0.3 is 5.32 Å². The van der Waals surface area contributed by atoms with Crippen LogP contribution in [0.15, 0.2) is 59.2 Å². The van der Waals surface area contributed by atoms with Gasteiger partial charge in [-0.05, 0) is 47.4 Å². The zero-order chi connectivity index (χ0) is 17.3. The number of rotatable bonds is 2. The van der Waals surface area contributed by atoms with Crippen molar-refractivity contribution in [2.75, 3.05) is 5.32 Å². The molecule has 0 aliphatic carbocycles. The third kappa shape index (κ3) is 3.49. The molecule has 0 aliphatic heterocycles. The van der Waals surface area contributed by atoms with Gasteiger partial charge in [0.2, 0.25) is 0 Å². The normalized spacial score (nSPS) is 11.5. The topological polar surface area (TPSA) is 42.0 Å². The van der Waals surface area contributed by atoms with Crippen molar-refractivity contribution >= 4 is 38.4 Å². The fraction of sp³-hybridized carbons (Fsp3) is 0.200. The predicted octanol–water partition coefficient (Wildman–Crippen LogP) is 5.55. The summed E-state index contributed by atoms with van der Waals surface area (Å²) in [6.07, 6.45) is 1.70. The monoisotopic (exact) mass is 382 g/mol. The fourth-order valence-corrected chi connectivity index (χ4v) is 2.90. The van der Waals surface area contributed by atoms with Gasteiger partial charge in [0.05, 0.1) is 11.2 Å². The molecule has 0 atom stereocenters. The second-order valence-corrected chi connectivity index (χ2v) is 7.72. The van der Waals surface area contributed by atoms with E-state index < -0.39 is 0 Å². The number of fused-ring (bicyclic) bond motifs is 1. The largest absolute Gasteiger partial charge is 0.321 e. The Bertz CT molecular complexity index is 896. The van der Waals surface area contributed by atoms with Crippen LogP contribution in [-0.2, 0) is 5.41 Å². The summed E-state index contributed by atoms with van der Waals surface area (Å²) in [5.41, 5.74) is 3.52. The quantitative estimate of drug-likeness (QED) is 0.631. The van der Waals surface area contributed by atoms with Crippen LogP contribution >= 0.6 is 15.9 Å². The molecule has 0 saturated heterocycles. The summed E-state index contributed by atoms with van der Waals surface area (Å²) in [7, 11) is 0. The van der Waals surface area contributed by atoms with Crippen LogP contribution in [0.25, 0.3) is 10.9 Å². The van der Waals surface area contributed by atoms with E-state index in [-0.39, 0.29) is 11.3 Å². The lowest BCUT2D eigenvalue weighted by Gasteiger charge is -2.19. The van der Waals surface area contributed by atoms with Crippen LogP contribution < -0.4 is 5.32 Å². The maximum absolute atomic E-state index is 12.6. The van der Waals surface area contributed by atoms with Crippen LogP contribution in [0, 0.1) is 0 Å². The number of carbonyl (C=O) groups excluding carboxylic acids is 1. The molecule has 1 N–H and O–H groups in total. The van der Waals surface area contributed by atoms with Crippen molar-refractivity contribution in [3.8, 4) is 0 Å². The molecule has 24 heavy (non-hydrogen) atoms. The van der Waals surface area contributed by atoms with Crippen LogP contribution in [0.2, 0.25) is 0 Å². The molecular formula is C20H19BrN2O. The van der Waals surface area contributed by atoms with E-state index in [0.29, 0.717) is 5.56 Å². The second-order valence-electron chi connectivity index (χ2n) is 6.80. The Morgan fingerprint density at radius 3 is 2.42 bits per heavy atom. The number of nitrogens with zero attached hydrogens (tertiary/aromatic N) is 1. The second kappa shape index (κ2) is 6.36. The zero-order valence-electron chi connectivity index (χ0n) is 13.9. The van der Waals surface area contributed by atoms with Gasteiger partial charge in [-0.3, -0.25) is 9.78 Å². The Morgan fingerprint density at radius 1 is 1.04 bits per heavy atom. The molecule has 0 unspecified atom stereocenters. The summed E-state index contributed by atoms with van der Waals surface area (Å²) >= 11 is 3.46. The van der Waals surface area contributed by atoms with Gasteiger partial charge in [-0.2, -0.15) is 0 Å². The first-order chi connectivity index (χ1) is 11.3. The molecule has 1 amide bonds. The van der Waals surface area contributed by atoms with Gasteiger partial charge in [-0.1, -0.05) is 48.8 Å². The molecular weight excluding hydrogens is 364 g/mol. The Kier molecular flexibility index (Phi) is 4.41. The minimum absolute atomic E-state index is 0.0720. The van der Waals surface area contributed by atoms with Gasteiger partial charge in [0, 0.05) is 21.6 Å². The summed E-state index contributed by atoms with van der Waals surface area (Å²) in [6, 6.07) is 15.4. The molecule has 3 rings (SSSR count). The number of halogens is 1. The number of amides is 1. The van der Waals surface area contributed by atoms with E-state index in [1.165, 1.54) is 5.56 Å². The van der Waals surface area contributed by atoms with Crippen molar-refractivity contribution in [1.82, 2.24) is 4.98 Å². The van der Waals surface area contributed by atoms with Crippen molar-refractivity contribution in [3.05, 3.63) is 70.3 Å². The van der Waals surface area contributed by atoms with Gasteiger partial charge in [-0.15, -0.1) is 0 Å². The average Bonchev–Trinajstić information content (AvgIpc) is 2.54. The lowest BCUT2D eigenvalue weighted by atomic mass is 9.87. The van der Waals surface area contributed by atoms with Gasteiger partial charge in [0.1, 0.15) is 0 Å². The van der Waals surface area contributed by atoms with Crippen LogP contribution in [-0.4, -0.2) is 10.9 Å². The molecule has 3 aromatic rings. The molecule has 0 aliphatic rings. The summed E-state index contributed by atoms with van der Waals surface area (Å²) in [5, 5.41) is 3.90. The van der Waals surface area contributed by atoms with Crippen LogP contribution in [0.4, 0.5) is 5.69 Å². The number of nitrogens with one attached hydrogen (secondary N) is 1. The lowest BCUT2D eigenvalue weighted by molar-refractivity contribution is 0.102. The fourth-order valence-electron chi connectivity index (χ4n) is 2.54. The molecule has 0 saturated carbocycles.